The van der Waals surface area contributed by atoms with Gasteiger partial charge in [-0.1, -0.05) is 0 Å². The highest BCUT2D eigenvalue weighted by Crippen LogP contribution is 2.27. The third-order valence-corrected chi connectivity index (χ3v) is 2.54. The van der Waals surface area contributed by atoms with Gasteiger partial charge in [0.05, 0.1) is 14.2 Å². The Labute approximate surface area is 112 Å². The number of hydrogen-bond donors (Lipinski definition) is 1. The normalized spacial score (nSPS) is 10.4. The summed E-state index contributed by atoms with van der Waals surface area (Å²) in [7, 11) is 6.12. The van der Waals surface area contributed by atoms with Crippen molar-refractivity contribution in [3.8, 4) is 11.5 Å². The molecule has 0 saturated heterocycles. The molecule has 1 N–H and O–H groups in total. The predicted molar refractivity (Wildman–Crippen MR) is 70.1 cm³/mol. The van der Waals surface area contributed by atoms with E-state index in [1.54, 1.807) is 25.3 Å². The fourth-order valence-corrected chi connectivity index (χ4v) is 1.44. The van der Waals surface area contributed by atoms with Crippen LogP contribution in [0.2, 0.25) is 0 Å². The van der Waals surface area contributed by atoms with Crippen LogP contribution in [0.3, 0.4) is 0 Å². The van der Waals surface area contributed by atoms with Gasteiger partial charge in [0.1, 0.15) is 6.61 Å². The largest absolute Gasteiger partial charge is 0.493 e. The monoisotopic (exact) mass is 269 g/mol. The van der Waals surface area contributed by atoms with Gasteiger partial charge in [0.15, 0.2) is 17.8 Å². The molecule has 0 unspecified atom stereocenters. The van der Waals surface area contributed by atoms with E-state index in [4.69, 9.17) is 29.1 Å². The summed E-state index contributed by atoms with van der Waals surface area (Å²) in [6.07, 6.45) is -0.500. The molecule has 0 radical (unpaired) electrons. The molecule has 0 spiro atoms. The van der Waals surface area contributed by atoms with Gasteiger partial charge in [0.25, 0.3) is 0 Å². The lowest BCUT2D eigenvalue weighted by molar-refractivity contribution is -0.124. The van der Waals surface area contributed by atoms with Crippen molar-refractivity contribution in [2.45, 2.75) is 6.29 Å². The summed E-state index contributed by atoms with van der Waals surface area (Å²) < 4.78 is 25.5. The van der Waals surface area contributed by atoms with Crippen LogP contribution in [0, 0.1) is 5.41 Å². The Bertz CT molecular complexity index is 417. The van der Waals surface area contributed by atoms with Crippen LogP contribution in [-0.2, 0) is 14.2 Å². The van der Waals surface area contributed by atoms with E-state index in [1.165, 1.54) is 21.3 Å². The van der Waals surface area contributed by atoms with Crippen LogP contribution in [-0.4, -0.2) is 47.2 Å². The van der Waals surface area contributed by atoms with E-state index in [0.29, 0.717) is 17.1 Å². The Balaban J connectivity index is 2.72. The number of ether oxygens (including phenoxy) is 5. The van der Waals surface area contributed by atoms with Gasteiger partial charge in [-0.25, -0.2) is 0 Å². The van der Waals surface area contributed by atoms with Crippen LogP contribution in [0.25, 0.3) is 0 Å². The van der Waals surface area contributed by atoms with Crippen molar-refractivity contribution < 1.29 is 23.7 Å². The highest BCUT2D eigenvalue weighted by atomic mass is 16.7. The molecule has 1 rings (SSSR count). The molecule has 1 aromatic carbocycles. The molecule has 0 bridgehead atoms. The van der Waals surface area contributed by atoms with Crippen molar-refractivity contribution in [3.05, 3.63) is 23.8 Å². The van der Waals surface area contributed by atoms with Crippen LogP contribution in [0.15, 0.2) is 18.2 Å². The quantitative estimate of drug-likeness (QED) is 0.463. The maximum absolute atomic E-state index is 7.84. The zero-order valence-electron chi connectivity index (χ0n) is 11.6. The molecule has 0 aromatic heterocycles. The molecule has 0 aliphatic rings. The number of benzene rings is 1. The predicted octanol–water partition coefficient (Wildman–Crippen LogP) is 1.66. The van der Waals surface area contributed by atoms with Crippen LogP contribution in [0.1, 0.15) is 5.56 Å². The average Bonchev–Trinajstić information content (AvgIpc) is 2.47. The Hall–Kier alpha value is -1.79. The first kappa shape index (κ1) is 15.3. The minimum atomic E-state index is -0.500. The van der Waals surface area contributed by atoms with Gasteiger partial charge in [-0.3, -0.25) is 5.41 Å². The number of nitrogens with one attached hydrogen (secondary N) is 1. The Morgan fingerprint density at radius 2 is 1.68 bits per heavy atom. The Kier molecular flexibility index (Phi) is 6.11. The van der Waals surface area contributed by atoms with E-state index in [9.17, 15) is 0 Å². The molecular weight excluding hydrogens is 250 g/mol. The summed E-state index contributed by atoms with van der Waals surface area (Å²) in [5.74, 6) is 1.16. The summed E-state index contributed by atoms with van der Waals surface area (Å²) in [6, 6.07) is 5.12. The molecule has 6 heteroatoms. The van der Waals surface area contributed by atoms with E-state index < -0.39 is 6.29 Å². The summed E-state index contributed by atoms with van der Waals surface area (Å²) in [5, 5.41) is 7.84. The molecule has 0 aliphatic heterocycles. The van der Waals surface area contributed by atoms with Gasteiger partial charge in [-0.05, 0) is 18.2 Å². The van der Waals surface area contributed by atoms with Crippen molar-refractivity contribution >= 4 is 5.90 Å². The first-order chi connectivity index (χ1) is 9.15. The van der Waals surface area contributed by atoms with Gasteiger partial charge in [-0.15, -0.1) is 0 Å². The fourth-order valence-electron chi connectivity index (χ4n) is 1.44. The van der Waals surface area contributed by atoms with Gasteiger partial charge in [-0.2, -0.15) is 0 Å². The molecule has 106 valence electrons. The first-order valence-corrected chi connectivity index (χ1v) is 5.65. The zero-order valence-corrected chi connectivity index (χ0v) is 11.6. The molecule has 0 saturated carbocycles. The number of rotatable bonds is 7. The summed E-state index contributed by atoms with van der Waals surface area (Å²) in [4.78, 5) is 0. The lowest BCUT2D eigenvalue weighted by atomic mass is 10.2. The SMILES string of the molecule is COc1ccc(C(=N)OCC(OC)OC)cc1OC. The summed E-state index contributed by atoms with van der Waals surface area (Å²) in [6.45, 7) is 0.139. The molecule has 19 heavy (non-hydrogen) atoms. The van der Waals surface area contributed by atoms with Crippen molar-refractivity contribution in [1.82, 2.24) is 0 Å². The Morgan fingerprint density at radius 3 is 2.21 bits per heavy atom. The highest BCUT2D eigenvalue weighted by molar-refractivity contribution is 5.92. The fraction of sp³-hybridized carbons (Fsp3) is 0.462. The van der Waals surface area contributed by atoms with Crippen molar-refractivity contribution in [2.24, 2.45) is 0 Å². The minimum absolute atomic E-state index is 0.0139. The number of hydrogen-bond acceptors (Lipinski definition) is 6. The molecular formula is C13H19NO5. The molecule has 0 atom stereocenters. The lowest BCUT2D eigenvalue weighted by Gasteiger charge is -2.15. The molecule has 0 amide bonds. The van der Waals surface area contributed by atoms with E-state index in [2.05, 4.69) is 0 Å². The minimum Gasteiger partial charge on any atom is -0.493 e. The van der Waals surface area contributed by atoms with Crippen LogP contribution < -0.4 is 9.47 Å². The van der Waals surface area contributed by atoms with E-state index in [1.807, 2.05) is 0 Å². The molecule has 0 aliphatic carbocycles. The molecule has 1 aromatic rings. The third-order valence-electron chi connectivity index (χ3n) is 2.54. The van der Waals surface area contributed by atoms with E-state index >= 15 is 0 Å². The van der Waals surface area contributed by atoms with Crippen molar-refractivity contribution in [3.63, 3.8) is 0 Å². The second kappa shape index (κ2) is 7.60. The summed E-state index contributed by atoms with van der Waals surface area (Å²) in [5.41, 5.74) is 0.587. The second-order valence-electron chi connectivity index (χ2n) is 3.61. The van der Waals surface area contributed by atoms with E-state index in [-0.39, 0.29) is 12.5 Å². The number of methoxy groups -OCH3 is 4. The standard InChI is InChI=1S/C13H19NO5/c1-15-10-6-5-9(7-11(10)16-2)13(14)19-8-12(17-3)18-4/h5-7,12,14H,8H2,1-4H3. The van der Waals surface area contributed by atoms with Gasteiger partial charge in [0.2, 0.25) is 5.90 Å². The van der Waals surface area contributed by atoms with Crippen molar-refractivity contribution in [2.75, 3.05) is 35.0 Å². The maximum atomic E-state index is 7.84. The average molecular weight is 269 g/mol. The maximum Gasteiger partial charge on any atom is 0.213 e. The van der Waals surface area contributed by atoms with Crippen molar-refractivity contribution in [1.29, 1.82) is 5.41 Å². The third kappa shape index (κ3) is 4.11. The smallest absolute Gasteiger partial charge is 0.213 e. The zero-order chi connectivity index (χ0) is 14.3. The molecule has 0 heterocycles. The van der Waals surface area contributed by atoms with Crippen LogP contribution in [0.5, 0.6) is 11.5 Å². The highest BCUT2D eigenvalue weighted by Gasteiger charge is 2.11. The summed E-state index contributed by atoms with van der Waals surface area (Å²) >= 11 is 0. The van der Waals surface area contributed by atoms with Gasteiger partial charge < -0.3 is 23.7 Å². The second-order valence-corrected chi connectivity index (χ2v) is 3.61. The van der Waals surface area contributed by atoms with Gasteiger partial charge in [0, 0.05) is 19.8 Å². The lowest BCUT2D eigenvalue weighted by Crippen LogP contribution is -2.22. The van der Waals surface area contributed by atoms with E-state index in [0.717, 1.165) is 0 Å². The van der Waals surface area contributed by atoms with Gasteiger partial charge >= 0.3 is 0 Å². The Morgan fingerprint density at radius 1 is 1.05 bits per heavy atom. The topological polar surface area (TPSA) is 70.0 Å². The molecule has 0 fully saturated rings. The van der Waals surface area contributed by atoms with Crippen LogP contribution in [0.4, 0.5) is 0 Å². The molecule has 6 nitrogen and oxygen atoms in total. The first-order valence-electron chi connectivity index (χ1n) is 5.65. The van der Waals surface area contributed by atoms with Crippen LogP contribution >= 0.6 is 0 Å².